The van der Waals surface area contributed by atoms with E-state index in [9.17, 15) is 9.59 Å². The molecule has 158 valence electrons. The van der Waals surface area contributed by atoms with E-state index in [2.05, 4.69) is 10.6 Å². The number of ether oxygens (including phenoxy) is 2. The Hall–Kier alpha value is -4.06. The van der Waals surface area contributed by atoms with Crippen LogP contribution in [0.5, 0.6) is 11.5 Å². The van der Waals surface area contributed by atoms with Crippen LogP contribution in [0.1, 0.15) is 21.5 Å². The number of hydrogen-bond donors (Lipinski definition) is 2. The molecule has 0 spiro atoms. The van der Waals surface area contributed by atoms with Crippen molar-refractivity contribution in [2.24, 2.45) is 0 Å². The number of nitrogens with one attached hydrogen (secondary N) is 2. The molecule has 0 atom stereocenters. The predicted molar refractivity (Wildman–Crippen MR) is 123 cm³/mol. The maximum atomic E-state index is 12.5. The first kappa shape index (κ1) is 21.6. The van der Waals surface area contributed by atoms with Gasteiger partial charge in [0.25, 0.3) is 5.91 Å². The normalized spacial score (nSPS) is 10.5. The fourth-order valence-corrected chi connectivity index (χ4v) is 3.00. The number of rotatable bonds is 7. The molecule has 0 heterocycles. The van der Waals surface area contributed by atoms with E-state index in [1.165, 1.54) is 20.3 Å². The van der Waals surface area contributed by atoms with E-state index in [-0.39, 0.29) is 11.8 Å². The van der Waals surface area contributed by atoms with Crippen LogP contribution in [0, 0.1) is 6.92 Å². The molecule has 0 fully saturated rings. The summed E-state index contributed by atoms with van der Waals surface area (Å²) in [5.74, 6) is 0.186. The van der Waals surface area contributed by atoms with Crippen molar-refractivity contribution in [1.82, 2.24) is 0 Å². The van der Waals surface area contributed by atoms with Crippen LogP contribution in [-0.2, 0) is 4.79 Å². The lowest BCUT2D eigenvalue weighted by atomic mass is 10.1. The van der Waals surface area contributed by atoms with Gasteiger partial charge in [0.2, 0.25) is 5.91 Å². The molecule has 6 heteroatoms. The van der Waals surface area contributed by atoms with E-state index < -0.39 is 0 Å². The molecule has 0 aliphatic heterocycles. The monoisotopic (exact) mass is 416 g/mol. The average Bonchev–Trinajstić information content (AvgIpc) is 2.79. The molecule has 0 saturated heterocycles. The summed E-state index contributed by atoms with van der Waals surface area (Å²) in [6.07, 6.45) is 3.19. The summed E-state index contributed by atoms with van der Waals surface area (Å²) in [4.78, 5) is 24.9. The number of methoxy groups -OCH3 is 2. The van der Waals surface area contributed by atoms with Crippen molar-refractivity contribution in [1.29, 1.82) is 0 Å². The van der Waals surface area contributed by atoms with Crippen molar-refractivity contribution in [2.75, 3.05) is 24.9 Å². The van der Waals surface area contributed by atoms with Crippen molar-refractivity contribution in [3.63, 3.8) is 0 Å². The summed E-state index contributed by atoms with van der Waals surface area (Å²) in [6, 6.07) is 19.9. The van der Waals surface area contributed by atoms with Gasteiger partial charge < -0.3 is 20.1 Å². The second kappa shape index (κ2) is 10.1. The highest BCUT2D eigenvalue weighted by Crippen LogP contribution is 2.36. The summed E-state index contributed by atoms with van der Waals surface area (Å²) in [6.45, 7) is 1.99. The van der Waals surface area contributed by atoms with Crippen LogP contribution in [0.2, 0.25) is 0 Å². The molecular formula is C25H24N2O4. The number of aryl methyl sites for hydroxylation is 1. The maximum absolute atomic E-state index is 12.5. The van der Waals surface area contributed by atoms with E-state index in [0.717, 1.165) is 11.1 Å². The van der Waals surface area contributed by atoms with Gasteiger partial charge >= 0.3 is 0 Å². The van der Waals surface area contributed by atoms with Crippen LogP contribution < -0.4 is 20.1 Å². The zero-order valence-electron chi connectivity index (χ0n) is 17.6. The Balaban J connectivity index is 1.79. The topological polar surface area (TPSA) is 76.7 Å². The second-order valence-corrected chi connectivity index (χ2v) is 6.81. The van der Waals surface area contributed by atoms with E-state index in [0.29, 0.717) is 28.4 Å². The third-order valence-corrected chi connectivity index (χ3v) is 4.53. The molecule has 3 rings (SSSR count). The minimum absolute atomic E-state index is 0.279. The first-order valence-corrected chi connectivity index (χ1v) is 9.68. The Kier molecular flexibility index (Phi) is 7.06. The number of amides is 2. The molecule has 31 heavy (non-hydrogen) atoms. The highest BCUT2D eigenvalue weighted by Gasteiger charge is 2.15. The van der Waals surface area contributed by atoms with Crippen LogP contribution in [0.3, 0.4) is 0 Å². The zero-order valence-corrected chi connectivity index (χ0v) is 17.6. The molecule has 6 nitrogen and oxygen atoms in total. The van der Waals surface area contributed by atoms with Gasteiger partial charge in [0.15, 0.2) is 0 Å². The maximum Gasteiger partial charge on any atom is 0.255 e. The highest BCUT2D eigenvalue weighted by molar-refractivity contribution is 6.06. The Morgan fingerprint density at radius 3 is 2.06 bits per heavy atom. The summed E-state index contributed by atoms with van der Waals surface area (Å²) < 4.78 is 10.8. The van der Waals surface area contributed by atoms with E-state index in [1.807, 2.05) is 37.3 Å². The number of carbonyl (C=O) groups is 2. The van der Waals surface area contributed by atoms with Crippen LogP contribution in [-0.4, -0.2) is 26.0 Å². The summed E-state index contributed by atoms with van der Waals surface area (Å²) in [5, 5.41) is 5.60. The Morgan fingerprint density at radius 1 is 0.806 bits per heavy atom. The van der Waals surface area contributed by atoms with Crippen LogP contribution in [0.15, 0.2) is 72.8 Å². The van der Waals surface area contributed by atoms with E-state index in [4.69, 9.17) is 9.47 Å². The van der Waals surface area contributed by atoms with Crippen molar-refractivity contribution >= 4 is 29.3 Å². The van der Waals surface area contributed by atoms with Crippen molar-refractivity contribution in [3.05, 3.63) is 89.5 Å². The van der Waals surface area contributed by atoms with E-state index >= 15 is 0 Å². The van der Waals surface area contributed by atoms with Gasteiger partial charge in [-0.15, -0.1) is 0 Å². The molecule has 0 radical (unpaired) electrons. The first-order valence-electron chi connectivity index (χ1n) is 9.68. The lowest BCUT2D eigenvalue weighted by Gasteiger charge is -2.16. The first-order chi connectivity index (χ1) is 15.0. The minimum Gasteiger partial charge on any atom is -0.494 e. The largest absolute Gasteiger partial charge is 0.494 e. The van der Waals surface area contributed by atoms with Gasteiger partial charge in [-0.3, -0.25) is 9.59 Å². The third kappa shape index (κ3) is 5.73. The molecule has 0 aromatic heterocycles. The summed E-state index contributed by atoms with van der Waals surface area (Å²) in [7, 11) is 2.98. The third-order valence-electron chi connectivity index (χ3n) is 4.53. The number of benzene rings is 3. The summed E-state index contributed by atoms with van der Waals surface area (Å²) in [5.41, 5.74) is 3.42. The molecule has 0 aliphatic carbocycles. The molecule has 2 amide bonds. The lowest BCUT2D eigenvalue weighted by molar-refractivity contribution is -0.111. The SMILES string of the molecule is COc1cc(NC(=O)c2ccccc2)c(OC)cc1NC(=O)/C=C/c1cccc(C)c1. The van der Waals surface area contributed by atoms with Gasteiger partial charge in [0, 0.05) is 23.8 Å². The Bertz CT molecular complexity index is 1110. The molecule has 2 N–H and O–H groups in total. The summed E-state index contributed by atoms with van der Waals surface area (Å²) >= 11 is 0. The molecule has 3 aromatic carbocycles. The van der Waals surface area contributed by atoms with Gasteiger partial charge in [-0.25, -0.2) is 0 Å². The number of anilines is 2. The van der Waals surface area contributed by atoms with Crippen LogP contribution in [0.25, 0.3) is 6.08 Å². The molecule has 3 aromatic rings. The lowest BCUT2D eigenvalue weighted by Crippen LogP contribution is -2.14. The van der Waals surface area contributed by atoms with E-state index in [1.54, 1.807) is 42.5 Å². The fraction of sp³-hybridized carbons (Fsp3) is 0.120. The Labute approximate surface area is 181 Å². The second-order valence-electron chi connectivity index (χ2n) is 6.81. The van der Waals surface area contributed by atoms with Crippen LogP contribution in [0.4, 0.5) is 11.4 Å². The predicted octanol–water partition coefficient (Wildman–Crippen LogP) is 4.92. The molecule has 0 bridgehead atoms. The highest BCUT2D eigenvalue weighted by atomic mass is 16.5. The standard InChI is InChI=1S/C25H24N2O4/c1-17-8-7-9-18(14-17)12-13-24(28)26-20-15-23(31-3)21(16-22(20)30-2)27-25(29)19-10-5-4-6-11-19/h4-16H,1-3H3,(H,26,28)(H,27,29)/b13-12+. The van der Waals surface area contributed by atoms with Gasteiger partial charge in [0.05, 0.1) is 25.6 Å². The van der Waals surface area contributed by atoms with Crippen molar-refractivity contribution in [3.8, 4) is 11.5 Å². The van der Waals surface area contributed by atoms with Crippen molar-refractivity contribution < 1.29 is 19.1 Å². The van der Waals surface area contributed by atoms with Gasteiger partial charge in [-0.1, -0.05) is 48.0 Å². The quantitative estimate of drug-likeness (QED) is 0.536. The zero-order chi connectivity index (χ0) is 22.2. The molecule has 0 aliphatic rings. The fourth-order valence-electron chi connectivity index (χ4n) is 3.00. The van der Waals surface area contributed by atoms with Gasteiger partial charge in [-0.2, -0.15) is 0 Å². The number of hydrogen-bond acceptors (Lipinski definition) is 4. The molecule has 0 unspecified atom stereocenters. The minimum atomic E-state index is -0.317. The van der Waals surface area contributed by atoms with Gasteiger partial charge in [-0.05, 0) is 30.7 Å². The molecular weight excluding hydrogens is 392 g/mol. The van der Waals surface area contributed by atoms with Gasteiger partial charge in [0.1, 0.15) is 11.5 Å². The smallest absolute Gasteiger partial charge is 0.255 e. The number of carbonyl (C=O) groups excluding carboxylic acids is 2. The van der Waals surface area contributed by atoms with Crippen LogP contribution >= 0.6 is 0 Å². The molecule has 0 saturated carbocycles. The average molecular weight is 416 g/mol. The van der Waals surface area contributed by atoms with Crippen molar-refractivity contribution in [2.45, 2.75) is 6.92 Å². The Morgan fingerprint density at radius 2 is 1.45 bits per heavy atom.